The van der Waals surface area contributed by atoms with Crippen LogP contribution in [0, 0.1) is 6.92 Å². The minimum Gasteiger partial charge on any atom is -0.439 e. The van der Waals surface area contributed by atoms with Crippen LogP contribution >= 0.6 is 0 Å². The van der Waals surface area contributed by atoms with Gasteiger partial charge in [0.2, 0.25) is 5.88 Å². The van der Waals surface area contributed by atoms with Gasteiger partial charge in [-0.1, -0.05) is 30.3 Å². The predicted molar refractivity (Wildman–Crippen MR) is 94.8 cm³/mol. The lowest BCUT2D eigenvalue weighted by Gasteiger charge is -2.07. The molecule has 4 rings (SSSR count). The van der Waals surface area contributed by atoms with Crippen molar-refractivity contribution in [2.45, 2.75) is 6.92 Å². The topological polar surface area (TPSA) is 65.2 Å². The molecule has 2 heterocycles. The summed E-state index contributed by atoms with van der Waals surface area (Å²) in [5.74, 6) is 1.54. The molecule has 0 N–H and O–H groups in total. The molecule has 4 aromatic rings. The first-order valence-corrected chi connectivity index (χ1v) is 7.80. The summed E-state index contributed by atoms with van der Waals surface area (Å²) in [4.78, 5) is 20.2. The SMILES string of the molecule is Cc1cc(=O)oc2cc(Oc3ccnc(-c4ccccc4)n3)ccc12. The van der Waals surface area contributed by atoms with Crippen LogP contribution in [0.1, 0.15) is 5.56 Å². The predicted octanol–water partition coefficient (Wildman–Crippen LogP) is 4.35. The van der Waals surface area contributed by atoms with Gasteiger partial charge in [-0.15, -0.1) is 0 Å². The van der Waals surface area contributed by atoms with Crippen LogP contribution in [0.3, 0.4) is 0 Å². The second-order valence-corrected chi connectivity index (χ2v) is 5.59. The maximum atomic E-state index is 11.5. The van der Waals surface area contributed by atoms with E-state index in [9.17, 15) is 4.79 Å². The Kier molecular flexibility index (Phi) is 3.74. The van der Waals surface area contributed by atoms with Crippen LogP contribution in [0.15, 0.2) is 76.1 Å². The average molecular weight is 330 g/mol. The first-order valence-electron chi connectivity index (χ1n) is 7.80. The van der Waals surface area contributed by atoms with Crippen molar-refractivity contribution in [2.75, 3.05) is 0 Å². The van der Waals surface area contributed by atoms with E-state index in [1.54, 1.807) is 18.3 Å². The molecule has 0 bridgehead atoms. The van der Waals surface area contributed by atoms with E-state index in [0.29, 0.717) is 23.0 Å². The molecule has 0 saturated carbocycles. The molecule has 122 valence electrons. The smallest absolute Gasteiger partial charge is 0.336 e. The van der Waals surface area contributed by atoms with Crippen molar-refractivity contribution >= 4 is 11.0 Å². The lowest BCUT2D eigenvalue weighted by Crippen LogP contribution is -1.98. The van der Waals surface area contributed by atoms with Gasteiger partial charge in [0.1, 0.15) is 11.3 Å². The first kappa shape index (κ1) is 15.1. The Balaban J connectivity index is 1.69. The van der Waals surface area contributed by atoms with E-state index in [4.69, 9.17) is 9.15 Å². The maximum absolute atomic E-state index is 11.5. The number of hydrogen-bond donors (Lipinski definition) is 0. The van der Waals surface area contributed by atoms with E-state index in [1.807, 2.05) is 49.4 Å². The zero-order valence-electron chi connectivity index (χ0n) is 13.5. The molecule has 0 aliphatic heterocycles. The Morgan fingerprint density at radius 1 is 1.00 bits per heavy atom. The summed E-state index contributed by atoms with van der Waals surface area (Å²) in [5.41, 5.74) is 1.88. The Morgan fingerprint density at radius 3 is 2.68 bits per heavy atom. The molecule has 0 aliphatic carbocycles. The zero-order valence-corrected chi connectivity index (χ0v) is 13.5. The highest BCUT2D eigenvalue weighted by Crippen LogP contribution is 2.26. The monoisotopic (exact) mass is 330 g/mol. The summed E-state index contributed by atoms with van der Waals surface area (Å²) in [6.07, 6.45) is 1.65. The van der Waals surface area contributed by atoms with Gasteiger partial charge >= 0.3 is 5.63 Å². The highest BCUT2D eigenvalue weighted by atomic mass is 16.5. The van der Waals surface area contributed by atoms with E-state index in [1.165, 1.54) is 6.07 Å². The first-order chi connectivity index (χ1) is 12.2. The van der Waals surface area contributed by atoms with Crippen LogP contribution in [-0.4, -0.2) is 9.97 Å². The van der Waals surface area contributed by atoms with Crippen molar-refractivity contribution in [3.05, 3.63) is 82.8 Å². The zero-order chi connectivity index (χ0) is 17.2. The lowest BCUT2D eigenvalue weighted by molar-refractivity contribution is 0.461. The van der Waals surface area contributed by atoms with Gasteiger partial charge in [0.15, 0.2) is 5.82 Å². The number of benzene rings is 2. The summed E-state index contributed by atoms with van der Waals surface area (Å²) < 4.78 is 11.1. The van der Waals surface area contributed by atoms with Gasteiger partial charge < -0.3 is 9.15 Å². The number of ether oxygens (including phenoxy) is 1. The fourth-order valence-electron chi connectivity index (χ4n) is 2.61. The number of rotatable bonds is 3. The quantitative estimate of drug-likeness (QED) is 0.522. The molecule has 25 heavy (non-hydrogen) atoms. The molecule has 0 spiro atoms. The van der Waals surface area contributed by atoms with Crippen molar-refractivity contribution in [1.82, 2.24) is 9.97 Å². The number of aromatic nitrogens is 2. The minimum absolute atomic E-state index is 0.379. The molecule has 0 amide bonds. The highest BCUT2D eigenvalue weighted by Gasteiger charge is 2.07. The van der Waals surface area contributed by atoms with E-state index < -0.39 is 0 Å². The summed E-state index contributed by atoms with van der Waals surface area (Å²) in [7, 11) is 0. The largest absolute Gasteiger partial charge is 0.439 e. The van der Waals surface area contributed by atoms with Crippen LogP contribution in [-0.2, 0) is 0 Å². The van der Waals surface area contributed by atoms with Crippen molar-refractivity contribution in [3.8, 4) is 23.0 Å². The van der Waals surface area contributed by atoms with Crippen LogP contribution in [0.25, 0.3) is 22.4 Å². The summed E-state index contributed by atoms with van der Waals surface area (Å²) in [6.45, 7) is 1.87. The van der Waals surface area contributed by atoms with Gasteiger partial charge in [0.25, 0.3) is 0 Å². The molecule has 5 heteroatoms. The van der Waals surface area contributed by atoms with E-state index in [2.05, 4.69) is 9.97 Å². The van der Waals surface area contributed by atoms with Crippen LogP contribution in [0.2, 0.25) is 0 Å². The Bertz CT molecular complexity index is 1100. The molecule has 2 aromatic carbocycles. The van der Waals surface area contributed by atoms with Crippen molar-refractivity contribution in [1.29, 1.82) is 0 Å². The summed E-state index contributed by atoms with van der Waals surface area (Å²) in [5, 5.41) is 0.875. The van der Waals surface area contributed by atoms with Gasteiger partial charge in [-0.2, -0.15) is 4.98 Å². The number of fused-ring (bicyclic) bond motifs is 1. The third-order valence-electron chi connectivity index (χ3n) is 3.81. The second-order valence-electron chi connectivity index (χ2n) is 5.59. The Hall–Kier alpha value is -3.47. The Labute approximate surface area is 143 Å². The molecule has 0 atom stereocenters. The number of hydrogen-bond acceptors (Lipinski definition) is 5. The van der Waals surface area contributed by atoms with Gasteiger partial charge in [-0.25, -0.2) is 9.78 Å². The fourth-order valence-corrected chi connectivity index (χ4v) is 2.61. The molecule has 0 radical (unpaired) electrons. The highest BCUT2D eigenvalue weighted by molar-refractivity contribution is 5.81. The maximum Gasteiger partial charge on any atom is 0.336 e. The fraction of sp³-hybridized carbons (Fsp3) is 0.0500. The van der Waals surface area contributed by atoms with E-state index in [0.717, 1.165) is 16.5 Å². The third-order valence-corrected chi connectivity index (χ3v) is 3.81. The van der Waals surface area contributed by atoms with E-state index >= 15 is 0 Å². The molecule has 0 fully saturated rings. The van der Waals surface area contributed by atoms with Crippen LogP contribution < -0.4 is 10.4 Å². The Morgan fingerprint density at radius 2 is 1.84 bits per heavy atom. The standard InChI is InChI=1S/C20H14N2O3/c1-13-11-19(23)25-17-12-15(7-8-16(13)17)24-18-9-10-21-20(22-18)14-5-3-2-4-6-14/h2-12H,1H3. The van der Waals surface area contributed by atoms with Gasteiger partial charge in [-0.3, -0.25) is 0 Å². The number of aryl methyl sites for hydroxylation is 1. The minimum atomic E-state index is -0.379. The second kappa shape index (κ2) is 6.20. The lowest BCUT2D eigenvalue weighted by atomic mass is 10.1. The third kappa shape index (κ3) is 3.12. The molecule has 5 nitrogen and oxygen atoms in total. The van der Waals surface area contributed by atoms with Crippen LogP contribution in [0.4, 0.5) is 0 Å². The summed E-state index contributed by atoms with van der Waals surface area (Å²) in [6, 6.07) is 18.2. The van der Waals surface area contributed by atoms with Gasteiger partial charge in [0.05, 0.1) is 0 Å². The van der Waals surface area contributed by atoms with Crippen molar-refractivity contribution in [3.63, 3.8) is 0 Å². The molecule has 2 aromatic heterocycles. The van der Waals surface area contributed by atoms with Gasteiger partial charge in [-0.05, 0) is 24.6 Å². The summed E-state index contributed by atoms with van der Waals surface area (Å²) >= 11 is 0. The number of nitrogens with zero attached hydrogens (tertiary/aromatic N) is 2. The average Bonchev–Trinajstić information content (AvgIpc) is 2.62. The molecule has 0 saturated heterocycles. The van der Waals surface area contributed by atoms with Crippen LogP contribution in [0.5, 0.6) is 11.6 Å². The molecular formula is C20H14N2O3. The van der Waals surface area contributed by atoms with E-state index in [-0.39, 0.29) is 5.63 Å². The molecule has 0 aliphatic rings. The van der Waals surface area contributed by atoms with Crippen molar-refractivity contribution in [2.24, 2.45) is 0 Å². The molecule has 0 unspecified atom stereocenters. The van der Waals surface area contributed by atoms with Crippen molar-refractivity contribution < 1.29 is 9.15 Å². The normalized spacial score (nSPS) is 10.8. The molecular weight excluding hydrogens is 316 g/mol. The van der Waals surface area contributed by atoms with Gasteiger partial charge in [0, 0.05) is 35.3 Å².